The van der Waals surface area contributed by atoms with Crippen molar-refractivity contribution < 1.29 is 4.74 Å². The molecule has 0 bridgehead atoms. The third-order valence-corrected chi connectivity index (χ3v) is 6.11. The number of ether oxygens (including phenoxy) is 1. The fourth-order valence-electron chi connectivity index (χ4n) is 4.28. The summed E-state index contributed by atoms with van der Waals surface area (Å²) in [5, 5.41) is 3.75. The lowest BCUT2D eigenvalue weighted by atomic mass is 9.77. The minimum Gasteiger partial charge on any atom is -0.372 e. The van der Waals surface area contributed by atoms with E-state index in [4.69, 9.17) is 4.74 Å². The number of nitrogens with one attached hydrogen (secondary N) is 1. The van der Waals surface area contributed by atoms with E-state index in [-0.39, 0.29) is 5.60 Å². The molecule has 2 unspecified atom stereocenters. The molecule has 2 atom stereocenters. The van der Waals surface area contributed by atoms with Gasteiger partial charge in [-0.2, -0.15) is 0 Å². The normalized spacial score (nSPS) is 30.7. The Kier molecular flexibility index (Phi) is 4.66. The summed E-state index contributed by atoms with van der Waals surface area (Å²) in [6.45, 7) is 8.38. The summed E-state index contributed by atoms with van der Waals surface area (Å²) in [7, 11) is 0. The molecule has 122 valence electrons. The van der Waals surface area contributed by atoms with Crippen molar-refractivity contribution in [3.63, 3.8) is 0 Å². The van der Waals surface area contributed by atoms with Crippen LogP contribution in [0.25, 0.3) is 0 Å². The Balaban J connectivity index is 1.52. The molecule has 2 nitrogen and oxygen atoms in total. The molecule has 2 saturated carbocycles. The van der Waals surface area contributed by atoms with E-state index in [0.717, 1.165) is 12.0 Å². The lowest BCUT2D eigenvalue weighted by Crippen LogP contribution is -2.37. The van der Waals surface area contributed by atoms with E-state index in [2.05, 4.69) is 26.1 Å². The molecule has 21 heavy (non-hydrogen) atoms. The molecule has 3 rings (SSSR count). The Morgan fingerprint density at radius 2 is 1.76 bits per heavy atom. The van der Waals surface area contributed by atoms with Gasteiger partial charge in [0.2, 0.25) is 0 Å². The third kappa shape index (κ3) is 4.22. The fourth-order valence-corrected chi connectivity index (χ4v) is 4.28. The zero-order valence-corrected chi connectivity index (χ0v) is 14.4. The van der Waals surface area contributed by atoms with Crippen LogP contribution < -0.4 is 5.32 Å². The Labute approximate surface area is 131 Å². The first-order chi connectivity index (χ1) is 9.97. The van der Waals surface area contributed by atoms with Crippen LogP contribution in [0.1, 0.15) is 85.0 Å². The zero-order valence-electron chi connectivity index (χ0n) is 14.4. The molecule has 0 aromatic carbocycles. The first-order valence-electron chi connectivity index (χ1n) is 9.38. The maximum Gasteiger partial charge on any atom is 0.0687 e. The lowest BCUT2D eigenvalue weighted by Gasteiger charge is -2.36. The Hall–Kier alpha value is -0.0800. The lowest BCUT2D eigenvalue weighted by molar-refractivity contribution is -0.0740. The van der Waals surface area contributed by atoms with Gasteiger partial charge in [0.1, 0.15) is 0 Å². The summed E-state index contributed by atoms with van der Waals surface area (Å²) in [6.07, 6.45) is 14.0. The molecule has 3 fully saturated rings. The van der Waals surface area contributed by atoms with Crippen molar-refractivity contribution in [3.8, 4) is 0 Å². The van der Waals surface area contributed by atoms with Crippen molar-refractivity contribution in [3.05, 3.63) is 0 Å². The van der Waals surface area contributed by atoms with Gasteiger partial charge >= 0.3 is 0 Å². The Morgan fingerprint density at radius 1 is 1.05 bits per heavy atom. The summed E-state index contributed by atoms with van der Waals surface area (Å²) in [5.74, 6) is 0.738. The fraction of sp³-hybridized carbons (Fsp3) is 1.00. The van der Waals surface area contributed by atoms with Gasteiger partial charge in [-0.3, -0.25) is 0 Å². The summed E-state index contributed by atoms with van der Waals surface area (Å²) in [5.41, 5.74) is 0.669. The third-order valence-electron chi connectivity index (χ3n) is 6.11. The molecule has 3 aliphatic rings. The number of rotatable bonds is 5. The summed E-state index contributed by atoms with van der Waals surface area (Å²) in [6, 6.07) is 0.823. The van der Waals surface area contributed by atoms with Crippen molar-refractivity contribution in [2.24, 2.45) is 11.3 Å². The monoisotopic (exact) mass is 293 g/mol. The van der Waals surface area contributed by atoms with Crippen LogP contribution in [0.3, 0.4) is 0 Å². The molecule has 1 N–H and O–H groups in total. The second-order valence-corrected chi connectivity index (χ2v) is 9.00. The predicted molar refractivity (Wildman–Crippen MR) is 88.5 cm³/mol. The molecule has 1 saturated heterocycles. The molecule has 2 aliphatic carbocycles. The molecular formula is C19H35NO. The van der Waals surface area contributed by atoms with E-state index in [9.17, 15) is 0 Å². The van der Waals surface area contributed by atoms with Crippen molar-refractivity contribution >= 4 is 0 Å². The summed E-state index contributed by atoms with van der Waals surface area (Å²) < 4.78 is 6.61. The van der Waals surface area contributed by atoms with Gasteiger partial charge in [0.05, 0.1) is 11.7 Å². The van der Waals surface area contributed by atoms with Gasteiger partial charge in [0, 0.05) is 6.04 Å². The first-order valence-corrected chi connectivity index (χ1v) is 9.38. The number of hydrogen-bond acceptors (Lipinski definition) is 2. The minimum absolute atomic E-state index is 0.287. The van der Waals surface area contributed by atoms with Crippen LogP contribution in [0.4, 0.5) is 0 Å². The van der Waals surface area contributed by atoms with Gasteiger partial charge in [-0.1, -0.05) is 40.0 Å². The van der Waals surface area contributed by atoms with Crippen LogP contribution in [0.5, 0.6) is 0 Å². The van der Waals surface area contributed by atoms with E-state index < -0.39 is 0 Å². The van der Waals surface area contributed by atoms with Crippen molar-refractivity contribution in [1.29, 1.82) is 0 Å². The molecule has 0 aromatic rings. The smallest absolute Gasteiger partial charge is 0.0687 e. The molecule has 0 radical (unpaired) electrons. The zero-order chi connectivity index (χ0) is 14.9. The van der Waals surface area contributed by atoms with Crippen molar-refractivity contribution in [1.82, 2.24) is 5.32 Å². The molecule has 0 amide bonds. The highest BCUT2D eigenvalue weighted by Gasteiger charge is 2.42. The SMILES string of the molecule is CC(C)(C)C(CNC1CC1)CC1CCC2(CCCCC2)O1. The van der Waals surface area contributed by atoms with E-state index in [0.29, 0.717) is 11.5 Å². The van der Waals surface area contributed by atoms with Crippen LogP contribution >= 0.6 is 0 Å². The number of hydrogen-bond donors (Lipinski definition) is 1. The molecule has 1 aliphatic heterocycles. The maximum atomic E-state index is 6.61. The Bertz CT molecular complexity index is 336. The molecule has 2 heteroatoms. The topological polar surface area (TPSA) is 21.3 Å². The van der Waals surface area contributed by atoms with E-state index in [1.54, 1.807) is 0 Å². The average molecular weight is 293 g/mol. The van der Waals surface area contributed by atoms with Crippen molar-refractivity contribution in [2.45, 2.75) is 103 Å². The largest absolute Gasteiger partial charge is 0.372 e. The van der Waals surface area contributed by atoms with Gasteiger partial charge in [-0.05, 0) is 62.8 Å². The molecule has 0 aromatic heterocycles. The highest BCUT2D eigenvalue weighted by molar-refractivity contribution is 4.93. The van der Waals surface area contributed by atoms with Gasteiger partial charge in [0.15, 0.2) is 0 Å². The standard InChI is InChI=1S/C19H35NO/c1-18(2,3)15(14-20-16-7-8-16)13-17-9-12-19(21-17)10-5-4-6-11-19/h15-17,20H,4-14H2,1-3H3. The minimum atomic E-state index is 0.287. The van der Waals surface area contributed by atoms with Crippen molar-refractivity contribution in [2.75, 3.05) is 6.54 Å². The van der Waals surface area contributed by atoms with E-state index in [1.165, 1.54) is 70.8 Å². The van der Waals surface area contributed by atoms with Crippen LogP contribution in [0, 0.1) is 11.3 Å². The molecule has 1 heterocycles. The van der Waals surface area contributed by atoms with Crippen LogP contribution in [0.2, 0.25) is 0 Å². The van der Waals surface area contributed by atoms with Gasteiger partial charge in [0.25, 0.3) is 0 Å². The first kappa shape index (κ1) is 15.8. The summed E-state index contributed by atoms with van der Waals surface area (Å²) in [4.78, 5) is 0. The second kappa shape index (κ2) is 6.20. The average Bonchev–Trinajstić information content (AvgIpc) is 3.18. The maximum absolute atomic E-state index is 6.61. The second-order valence-electron chi connectivity index (χ2n) is 9.00. The van der Waals surface area contributed by atoms with Gasteiger partial charge < -0.3 is 10.1 Å². The van der Waals surface area contributed by atoms with Crippen LogP contribution in [-0.2, 0) is 4.74 Å². The quantitative estimate of drug-likeness (QED) is 0.795. The molecular weight excluding hydrogens is 258 g/mol. The van der Waals surface area contributed by atoms with Crippen LogP contribution in [-0.4, -0.2) is 24.3 Å². The Morgan fingerprint density at radius 3 is 2.38 bits per heavy atom. The highest BCUT2D eigenvalue weighted by atomic mass is 16.5. The predicted octanol–water partition coefficient (Wildman–Crippen LogP) is 4.67. The van der Waals surface area contributed by atoms with E-state index >= 15 is 0 Å². The highest BCUT2D eigenvalue weighted by Crippen LogP contribution is 2.44. The van der Waals surface area contributed by atoms with Crippen LogP contribution in [0.15, 0.2) is 0 Å². The summed E-state index contributed by atoms with van der Waals surface area (Å²) >= 11 is 0. The van der Waals surface area contributed by atoms with E-state index in [1.807, 2.05) is 0 Å². The van der Waals surface area contributed by atoms with Gasteiger partial charge in [-0.25, -0.2) is 0 Å². The van der Waals surface area contributed by atoms with Gasteiger partial charge in [-0.15, -0.1) is 0 Å². The molecule has 1 spiro atoms.